The zero-order valence-electron chi connectivity index (χ0n) is 16.8. The van der Waals surface area contributed by atoms with Crippen LogP contribution in [0.25, 0.3) is 0 Å². The van der Waals surface area contributed by atoms with Crippen molar-refractivity contribution in [3.05, 3.63) is 65.0 Å². The highest BCUT2D eigenvalue weighted by Gasteiger charge is 2.44. The van der Waals surface area contributed by atoms with Crippen molar-refractivity contribution in [2.75, 3.05) is 18.0 Å². The van der Waals surface area contributed by atoms with Crippen LogP contribution in [0.1, 0.15) is 60.5 Å². The van der Waals surface area contributed by atoms with Gasteiger partial charge in [-0.2, -0.15) is 0 Å². The van der Waals surface area contributed by atoms with E-state index in [2.05, 4.69) is 5.32 Å². The van der Waals surface area contributed by atoms with Crippen molar-refractivity contribution >= 4 is 17.5 Å². The van der Waals surface area contributed by atoms with E-state index >= 15 is 0 Å². The Balaban J connectivity index is 1.50. The fourth-order valence-corrected chi connectivity index (χ4v) is 4.82. The summed E-state index contributed by atoms with van der Waals surface area (Å²) in [6.07, 6.45) is 6.36. The van der Waals surface area contributed by atoms with Crippen LogP contribution in [0.5, 0.6) is 0 Å². The van der Waals surface area contributed by atoms with E-state index in [4.69, 9.17) is 0 Å². The molecule has 152 valence electrons. The van der Waals surface area contributed by atoms with Gasteiger partial charge in [0.2, 0.25) is 5.91 Å². The lowest BCUT2D eigenvalue weighted by molar-refractivity contribution is -0.116. The van der Waals surface area contributed by atoms with Crippen LogP contribution in [0, 0.1) is 5.82 Å². The SMILES string of the molecule is CC(=O)N1CC2(CCCCC2)c2cc(C(=O)NCCc3ccc(F)cc3)ccc21. The summed E-state index contributed by atoms with van der Waals surface area (Å²) < 4.78 is 13.0. The Hall–Kier alpha value is -2.69. The van der Waals surface area contributed by atoms with Crippen molar-refractivity contribution in [1.82, 2.24) is 5.32 Å². The van der Waals surface area contributed by atoms with E-state index in [1.54, 1.807) is 19.1 Å². The Labute approximate surface area is 171 Å². The number of halogens is 1. The molecule has 0 saturated heterocycles. The van der Waals surface area contributed by atoms with Gasteiger partial charge in [0.15, 0.2) is 0 Å². The number of fused-ring (bicyclic) bond motifs is 2. The van der Waals surface area contributed by atoms with E-state index in [1.165, 1.54) is 31.4 Å². The fourth-order valence-electron chi connectivity index (χ4n) is 4.82. The Kier molecular flexibility index (Phi) is 5.39. The van der Waals surface area contributed by atoms with Crippen molar-refractivity contribution in [2.45, 2.75) is 50.9 Å². The number of nitrogens with zero attached hydrogens (tertiary/aromatic N) is 1. The van der Waals surface area contributed by atoms with Gasteiger partial charge in [-0.3, -0.25) is 9.59 Å². The van der Waals surface area contributed by atoms with Gasteiger partial charge in [0, 0.05) is 36.7 Å². The van der Waals surface area contributed by atoms with Gasteiger partial charge in [0.05, 0.1) is 0 Å². The smallest absolute Gasteiger partial charge is 0.251 e. The quantitative estimate of drug-likeness (QED) is 0.837. The van der Waals surface area contributed by atoms with Gasteiger partial charge in [0.1, 0.15) is 5.82 Å². The lowest BCUT2D eigenvalue weighted by atomic mass is 9.70. The van der Waals surface area contributed by atoms with Gasteiger partial charge in [0.25, 0.3) is 5.91 Å². The number of carbonyl (C=O) groups is 2. The molecule has 2 aliphatic rings. The molecule has 1 N–H and O–H groups in total. The predicted molar refractivity (Wildman–Crippen MR) is 112 cm³/mol. The third kappa shape index (κ3) is 3.91. The molecular weight excluding hydrogens is 367 g/mol. The second-order valence-electron chi connectivity index (χ2n) is 8.31. The first-order chi connectivity index (χ1) is 14.0. The second-order valence-corrected chi connectivity index (χ2v) is 8.31. The van der Waals surface area contributed by atoms with E-state index in [9.17, 15) is 14.0 Å². The highest BCUT2D eigenvalue weighted by atomic mass is 19.1. The van der Waals surface area contributed by atoms with Crippen molar-refractivity contribution in [2.24, 2.45) is 0 Å². The molecule has 1 aliphatic carbocycles. The molecule has 1 spiro atoms. The number of benzene rings is 2. The Morgan fingerprint density at radius 2 is 1.79 bits per heavy atom. The Morgan fingerprint density at radius 3 is 2.48 bits per heavy atom. The topological polar surface area (TPSA) is 49.4 Å². The highest BCUT2D eigenvalue weighted by molar-refractivity contribution is 5.98. The molecule has 0 aromatic heterocycles. The molecule has 2 aromatic carbocycles. The normalized spacial score (nSPS) is 17.2. The van der Waals surface area contributed by atoms with Gasteiger partial charge in [-0.1, -0.05) is 31.4 Å². The molecule has 0 radical (unpaired) electrons. The fraction of sp³-hybridized carbons (Fsp3) is 0.417. The molecule has 5 heteroatoms. The third-order valence-corrected chi connectivity index (χ3v) is 6.38. The van der Waals surface area contributed by atoms with Crippen LogP contribution in [0.15, 0.2) is 42.5 Å². The number of amides is 2. The van der Waals surface area contributed by atoms with Gasteiger partial charge >= 0.3 is 0 Å². The molecular formula is C24H27FN2O2. The maximum atomic E-state index is 13.0. The third-order valence-electron chi connectivity index (χ3n) is 6.38. The number of nitrogens with one attached hydrogen (secondary N) is 1. The standard InChI is InChI=1S/C24H27FN2O2/c1-17(28)27-16-24(12-3-2-4-13-24)21-15-19(7-10-22(21)27)23(29)26-14-11-18-5-8-20(25)9-6-18/h5-10,15H,2-4,11-14,16H2,1H3,(H,26,29). The molecule has 0 unspecified atom stereocenters. The summed E-state index contributed by atoms with van der Waals surface area (Å²) in [5.74, 6) is -0.306. The van der Waals surface area contributed by atoms with Crippen molar-refractivity contribution in [1.29, 1.82) is 0 Å². The molecule has 1 heterocycles. The first kappa shape index (κ1) is 19.6. The Bertz CT molecular complexity index is 917. The number of rotatable bonds is 4. The summed E-state index contributed by atoms with van der Waals surface area (Å²) in [6, 6.07) is 12.1. The van der Waals surface area contributed by atoms with Crippen molar-refractivity contribution in [3.63, 3.8) is 0 Å². The number of anilines is 1. The highest BCUT2D eigenvalue weighted by Crippen LogP contribution is 2.49. The zero-order chi connectivity index (χ0) is 20.4. The van der Waals surface area contributed by atoms with Gasteiger partial charge < -0.3 is 10.2 Å². The number of hydrogen-bond acceptors (Lipinski definition) is 2. The molecule has 29 heavy (non-hydrogen) atoms. The van der Waals surface area contributed by atoms with Gasteiger partial charge in [-0.05, 0) is 60.7 Å². The average Bonchev–Trinajstić information content (AvgIpc) is 3.03. The lowest BCUT2D eigenvalue weighted by Gasteiger charge is -2.34. The predicted octanol–water partition coefficient (Wildman–Crippen LogP) is 4.37. The van der Waals surface area contributed by atoms with Crippen LogP contribution in [0.4, 0.5) is 10.1 Å². The van der Waals surface area contributed by atoms with E-state index < -0.39 is 0 Å². The summed E-state index contributed by atoms with van der Waals surface area (Å²) in [5.41, 5.74) is 3.72. The molecule has 2 amide bonds. The first-order valence-corrected chi connectivity index (χ1v) is 10.4. The van der Waals surface area contributed by atoms with Crippen LogP contribution < -0.4 is 10.2 Å². The lowest BCUT2D eigenvalue weighted by Crippen LogP contribution is -2.37. The summed E-state index contributed by atoms with van der Waals surface area (Å²) in [5, 5.41) is 2.97. The van der Waals surface area contributed by atoms with Gasteiger partial charge in [-0.15, -0.1) is 0 Å². The summed E-state index contributed by atoms with van der Waals surface area (Å²) >= 11 is 0. The number of hydrogen-bond donors (Lipinski definition) is 1. The minimum atomic E-state index is -0.257. The van der Waals surface area contributed by atoms with Crippen LogP contribution >= 0.6 is 0 Å². The summed E-state index contributed by atoms with van der Waals surface area (Å²) in [4.78, 5) is 26.8. The van der Waals surface area contributed by atoms with E-state index in [-0.39, 0.29) is 23.0 Å². The average molecular weight is 394 g/mol. The molecule has 0 atom stereocenters. The molecule has 4 nitrogen and oxygen atoms in total. The summed E-state index contributed by atoms with van der Waals surface area (Å²) in [6.45, 7) is 2.83. The summed E-state index contributed by atoms with van der Waals surface area (Å²) in [7, 11) is 0. The maximum Gasteiger partial charge on any atom is 0.251 e. The van der Waals surface area contributed by atoms with E-state index in [0.29, 0.717) is 18.5 Å². The molecule has 4 rings (SSSR count). The van der Waals surface area contributed by atoms with E-state index in [1.807, 2.05) is 23.1 Å². The molecule has 1 aliphatic heterocycles. The maximum absolute atomic E-state index is 13.0. The molecule has 0 bridgehead atoms. The molecule has 1 saturated carbocycles. The van der Waals surface area contributed by atoms with Crippen molar-refractivity contribution < 1.29 is 14.0 Å². The molecule has 1 fully saturated rings. The second kappa shape index (κ2) is 7.97. The van der Waals surface area contributed by atoms with Crippen LogP contribution in [0.3, 0.4) is 0 Å². The number of carbonyl (C=O) groups excluding carboxylic acids is 2. The minimum Gasteiger partial charge on any atom is -0.352 e. The molecule has 2 aromatic rings. The minimum absolute atomic E-state index is 0.0103. The van der Waals surface area contributed by atoms with Crippen LogP contribution in [-0.2, 0) is 16.6 Å². The largest absolute Gasteiger partial charge is 0.352 e. The monoisotopic (exact) mass is 394 g/mol. The van der Waals surface area contributed by atoms with E-state index in [0.717, 1.165) is 36.2 Å². The zero-order valence-corrected chi connectivity index (χ0v) is 16.8. The van der Waals surface area contributed by atoms with Crippen molar-refractivity contribution in [3.8, 4) is 0 Å². The van der Waals surface area contributed by atoms with Gasteiger partial charge in [-0.25, -0.2) is 4.39 Å². The Morgan fingerprint density at radius 1 is 1.07 bits per heavy atom. The van der Waals surface area contributed by atoms with Crippen LogP contribution in [-0.4, -0.2) is 24.9 Å². The van der Waals surface area contributed by atoms with Crippen LogP contribution in [0.2, 0.25) is 0 Å². The first-order valence-electron chi connectivity index (χ1n) is 10.4.